The summed E-state index contributed by atoms with van der Waals surface area (Å²) in [5.74, 6) is 0.697. The van der Waals surface area contributed by atoms with Crippen molar-refractivity contribution in [1.29, 1.82) is 0 Å². The van der Waals surface area contributed by atoms with E-state index in [2.05, 4.69) is 10.3 Å². The van der Waals surface area contributed by atoms with Crippen LogP contribution in [-0.4, -0.2) is 18.0 Å². The minimum atomic E-state index is -0.110. The molecule has 18 heavy (non-hydrogen) atoms. The lowest BCUT2D eigenvalue weighted by Crippen LogP contribution is -2.04. The Morgan fingerprint density at radius 3 is 2.89 bits per heavy atom. The molecule has 0 saturated carbocycles. The number of nitrogens with zero attached hydrogens (tertiary/aromatic N) is 1. The van der Waals surface area contributed by atoms with E-state index in [1.807, 2.05) is 31.2 Å². The second-order valence-corrected chi connectivity index (χ2v) is 4.85. The molecule has 0 radical (unpaired) electrons. The van der Waals surface area contributed by atoms with Crippen LogP contribution in [0.25, 0.3) is 10.4 Å². The zero-order valence-electron chi connectivity index (χ0n) is 10.5. The summed E-state index contributed by atoms with van der Waals surface area (Å²) in [6.07, 6.45) is 0. The van der Waals surface area contributed by atoms with Crippen LogP contribution < -0.4 is 10.1 Å². The van der Waals surface area contributed by atoms with Crippen LogP contribution in [0.5, 0.6) is 5.75 Å². The van der Waals surface area contributed by atoms with Gasteiger partial charge in [-0.25, -0.2) is 4.98 Å². The highest BCUT2D eigenvalue weighted by molar-refractivity contribution is 7.19. The minimum absolute atomic E-state index is 0.110. The van der Waals surface area contributed by atoms with E-state index in [4.69, 9.17) is 4.74 Å². The van der Waals surface area contributed by atoms with Gasteiger partial charge in [-0.3, -0.25) is 4.79 Å². The molecule has 2 rings (SSSR count). The maximum absolute atomic E-state index is 11.0. The number of carbonyl (C=O) groups is 1. The summed E-state index contributed by atoms with van der Waals surface area (Å²) >= 11 is 1.46. The van der Waals surface area contributed by atoms with Gasteiger partial charge < -0.3 is 10.1 Å². The third kappa shape index (κ3) is 2.68. The Kier molecular flexibility index (Phi) is 3.62. The fourth-order valence-corrected chi connectivity index (χ4v) is 2.64. The molecule has 0 aliphatic carbocycles. The van der Waals surface area contributed by atoms with E-state index in [9.17, 15) is 4.79 Å². The fourth-order valence-electron chi connectivity index (χ4n) is 1.63. The quantitative estimate of drug-likeness (QED) is 0.924. The third-order valence-electron chi connectivity index (χ3n) is 2.41. The van der Waals surface area contributed by atoms with Gasteiger partial charge in [0.05, 0.1) is 17.7 Å². The highest BCUT2D eigenvalue weighted by Crippen LogP contribution is 2.34. The van der Waals surface area contributed by atoms with Crippen LogP contribution in [0.3, 0.4) is 0 Å². The normalized spacial score (nSPS) is 10.2. The number of hydrogen-bond acceptors (Lipinski definition) is 4. The number of rotatable bonds is 3. The average Bonchev–Trinajstić information content (AvgIpc) is 2.69. The number of nitrogens with one attached hydrogen (secondary N) is 1. The van der Waals surface area contributed by atoms with Crippen molar-refractivity contribution >= 4 is 22.4 Å². The van der Waals surface area contributed by atoms with Crippen molar-refractivity contribution < 1.29 is 9.53 Å². The molecule has 1 N–H and O–H groups in total. The molecule has 0 aliphatic rings. The molecule has 0 atom stereocenters. The molecule has 94 valence electrons. The molecule has 0 aliphatic heterocycles. The largest absolute Gasteiger partial charge is 0.497 e. The number of ether oxygens (including phenoxy) is 1. The summed E-state index contributed by atoms with van der Waals surface area (Å²) in [5, 5.41) is 3.32. The number of anilines is 1. The molecule has 0 unspecified atom stereocenters. The van der Waals surface area contributed by atoms with E-state index in [1.54, 1.807) is 7.11 Å². The molecule has 4 nitrogen and oxygen atoms in total. The lowest BCUT2D eigenvalue weighted by Gasteiger charge is -2.02. The van der Waals surface area contributed by atoms with Gasteiger partial charge in [-0.2, -0.15) is 0 Å². The second-order valence-electron chi connectivity index (χ2n) is 3.85. The van der Waals surface area contributed by atoms with Crippen molar-refractivity contribution in [2.75, 3.05) is 12.4 Å². The standard InChI is InChI=1S/C13H14N2O2S/c1-8-12(18-13(14-8)15-9(2)16)10-5-4-6-11(7-10)17-3/h4-7H,1-3H3,(H,14,15,16). The van der Waals surface area contributed by atoms with Crippen LogP contribution in [0.4, 0.5) is 5.13 Å². The monoisotopic (exact) mass is 262 g/mol. The van der Waals surface area contributed by atoms with Gasteiger partial charge in [0.15, 0.2) is 5.13 Å². The van der Waals surface area contributed by atoms with Gasteiger partial charge in [-0.05, 0) is 24.6 Å². The highest BCUT2D eigenvalue weighted by Gasteiger charge is 2.11. The summed E-state index contributed by atoms with van der Waals surface area (Å²) < 4.78 is 5.20. The molecule has 2 aromatic rings. The number of thiazole rings is 1. The molecule has 0 spiro atoms. The van der Waals surface area contributed by atoms with Crippen molar-refractivity contribution in [2.45, 2.75) is 13.8 Å². The predicted octanol–water partition coefficient (Wildman–Crippen LogP) is 3.09. The van der Waals surface area contributed by atoms with Gasteiger partial charge in [0, 0.05) is 6.92 Å². The zero-order valence-corrected chi connectivity index (χ0v) is 11.3. The highest BCUT2D eigenvalue weighted by atomic mass is 32.1. The summed E-state index contributed by atoms with van der Waals surface area (Å²) in [5.41, 5.74) is 1.94. The summed E-state index contributed by atoms with van der Waals surface area (Å²) in [6, 6.07) is 7.79. The molecule has 0 bridgehead atoms. The van der Waals surface area contributed by atoms with Gasteiger partial charge >= 0.3 is 0 Å². The predicted molar refractivity (Wildman–Crippen MR) is 73.1 cm³/mol. The summed E-state index contributed by atoms with van der Waals surface area (Å²) in [7, 11) is 1.64. The molecule has 5 heteroatoms. The van der Waals surface area contributed by atoms with Crippen LogP contribution in [-0.2, 0) is 4.79 Å². The average molecular weight is 262 g/mol. The van der Waals surface area contributed by atoms with Crippen molar-refractivity contribution in [3.05, 3.63) is 30.0 Å². The molecular formula is C13H14N2O2S. The topological polar surface area (TPSA) is 51.2 Å². The SMILES string of the molecule is COc1cccc(-c2sc(NC(C)=O)nc2C)c1. The summed E-state index contributed by atoms with van der Waals surface area (Å²) in [6.45, 7) is 3.40. The van der Waals surface area contributed by atoms with E-state index in [-0.39, 0.29) is 5.91 Å². The molecule has 0 fully saturated rings. The van der Waals surface area contributed by atoms with Gasteiger partial charge in [0.2, 0.25) is 5.91 Å². The molecule has 0 saturated heterocycles. The van der Waals surface area contributed by atoms with Crippen LogP contribution >= 0.6 is 11.3 Å². The van der Waals surface area contributed by atoms with Gasteiger partial charge in [-0.15, -0.1) is 0 Å². The van der Waals surface area contributed by atoms with Crippen LogP contribution in [0.15, 0.2) is 24.3 Å². The van der Waals surface area contributed by atoms with E-state index in [0.717, 1.165) is 21.9 Å². The molecular weight excluding hydrogens is 248 g/mol. The Bertz CT molecular complexity index is 578. The molecule has 1 aromatic heterocycles. The second kappa shape index (κ2) is 5.18. The number of amides is 1. The number of carbonyl (C=O) groups excluding carboxylic acids is 1. The third-order valence-corrected chi connectivity index (χ3v) is 3.53. The molecule has 1 aromatic carbocycles. The molecule has 1 amide bonds. The van der Waals surface area contributed by atoms with Gasteiger partial charge in [0.1, 0.15) is 5.75 Å². The first-order valence-corrected chi connectivity index (χ1v) is 6.31. The Balaban J connectivity index is 2.37. The first-order valence-electron chi connectivity index (χ1n) is 5.49. The lowest BCUT2D eigenvalue weighted by atomic mass is 10.1. The minimum Gasteiger partial charge on any atom is -0.497 e. The first-order chi connectivity index (χ1) is 8.60. The molecule has 1 heterocycles. The number of benzene rings is 1. The number of methoxy groups -OCH3 is 1. The van der Waals surface area contributed by atoms with Gasteiger partial charge in [-0.1, -0.05) is 23.5 Å². The lowest BCUT2D eigenvalue weighted by molar-refractivity contribution is -0.114. The van der Waals surface area contributed by atoms with Crippen molar-refractivity contribution in [1.82, 2.24) is 4.98 Å². The van der Waals surface area contributed by atoms with Crippen LogP contribution in [0.1, 0.15) is 12.6 Å². The van der Waals surface area contributed by atoms with E-state index >= 15 is 0 Å². The Morgan fingerprint density at radius 1 is 1.44 bits per heavy atom. The van der Waals surface area contributed by atoms with Crippen molar-refractivity contribution in [3.8, 4) is 16.2 Å². The van der Waals surface area contributed by atoms with Gasteiger partial charge in [0.25, 0.3) is 0 Å². The smallest absolute Gasteiger partial charge is 0.223 e. The van der Waals surface area contributed by atoms with Crippen molar-refractivity contribution in [3.63, 3.8) is 0 Å². The van der Waals surface area contributed by atoms with E-state index in [0.29, 0.717) is 5.13 Å². The first kappa shape index (κ1) is 12.6. The maximum Gasteiger partial charge on any atom is 0.223 e. The van der Waals surface area contributed by atoms with Crippen molar-refractivity contribution in [2.24, 2.45) is 0 Å². The number of hydrogen-bond donors (Lipinski definition) is 1. The Labute approximate surface area is 110 Å². The van der Waals surface area contributed by atoms with E-state index in [1.165, 1.54) is 18.3 Å². The Morgan fingerprint density at radius 2 is 2.22 bits per heavy atom. The maximum atomic E-state index is 11.0. The van der Waals surface area contributed by atoms with Crippen LogP contribution in [0.2, 0.25) is 0 Å². The zero-order chi connectivity index (χ0) is 13.1. The van der Waals surface area contributed by atoms with Crippen LogP contribution in [0, 0.1) is 6.92 Å². The number of aryl methyl sites for hydroxylation is 1. The fraction of sp³-hybridized carbons (Fsp3) is 0.231. The number of aromatic nitrogens is 1. The van der Waals surface area contributed by atoms with E-state index < -0.39 is 0 Å². The Hall–Kier alpha value is -1.88. The summed E-state index contributed by atoms with van der Waals surface area (Å²) in [4.78, 5) is 16.4.